The fourth-order valence-corrected chi connectivity index (χ4v) is 3.96. The molecule has 0 spiro atoms. The molecule has 2 aliphatic heterocycles. The second-order valence-electron chi connectivity index (χ2n) is 7.20. The second-order valence-corrected chi connectivity index (χ2v) is 7.61. The number of nitrogens with zero attached hydrogens (tertiary/aromatic N) is 2. The number of carbonyl (C=O) groups is 1. The molecular formula is C22H25ClN2O3. The van der Waals surface area contributed by atoms with E-state index in [-0.39, 0.29) is 12.0 Å². The third kappa shape index (κ3) is 4.42. The molecule has 0 N–H and O–H groups in total. The number of anilines is 1. The molecule has 5 nitrogen and oxygen atoms in total. The molecule has 2 saturated heterocycles. The van der Waals surface area contributed by atoms with Crippen molar-refractivity contribution in [2.45, 2.75) is 18.9 Å². The van der Waals surface area contributed by atoms with Crippen molar-refractivity contribution >= 4 is 23.2 Å². The molecular weight excluding hydrogens is 376 g/mol. The van der Waals surface area contributed by atoms with Crippen LogP contribution in [0, 0.1) is 0 Å². The standard InChI is InChI=1S/C22H25ClN2O3/c23-20-5-1-2-6-21(20)24-11-13-25(14-12-24)22(26)17-7-9-18(10-8-17)28-16-19-4-3-15-27-19/h1-2,5-10,19H,3-4,11-16H2/t19-/m1/s1. The van der Waals surface area contributed by atoms with E-state index in [4.69, 9.17) is 21.1 Å². The van der Waals surface area contributed by atoms with Crippen LogP contribution in [0.3, 0.4) is 0 Å². The van der Waals surface area contributed by atoms with E-state index in [0.29, 0.717) is 25.3 Å². The zero-order valence-electron chi connectivity index (χ0n) is 15.9. The van der Waals surface area contributed by atoms with Crippen molar-refractivity contribution in [3.05, 3.63) is 59.1 Å². The van der Waals surface area contributed by atoms with E-state index in [9.17, 15) is 4.79 Å². The molecule has 2 aliphatic rings. The quantitative estimate of drug-likeness (QED) is 0.764. The fraction of sp³-hybridized carbons (Fsp3) is 0.409. The summed E-state index contributed by atoms with van der Waals surface area (Å²) in [5.41, 5.74) is 1.72. The normalized spacial score (nSPS) is 19.7. The summed E-state index contributed by atoms with van der Waals surface area (Å²) in [5.74, 6) is 0.833. The minimum atomic E-state index is 0.0597. The average molecular weight is 401 g/mol. The summed E-state index contributed by atoms with van der Waals surface area (Å²) in [5, 5.41) is 0.751. The Morgan fingerprint density at radius 3 is 2.50 bits per heavy atom. The van der Waals surface area contributed by atoms with Crippen LogP contribution < -0.4 is 9.64 Å². The lowest BCUT2D eigenvalue weighted by atomic mass is 10.1. The first-order valence-corrected chi connectivity index (χ1v) is 10.2. The number of piperazine rings is 1. The predicted molar refractivity (Wildman–Crippen MR) is 110 cm³/mol. The SMILES string of the molecule is O=C(c1ccc(OC[C@H]2CCCO2)cc1)N1CCN(c2ccccc2Cl)CC1. The maximum absolute atomic E-state index is 12.8. The van der Waals surface area contributed by atoms with Gasteiger partial charge >= 0.3 is 0 Å². The molecule has 1 atom stereocenters. The van der Waals surface area contributed by atoms with Gasteiger partial charge in [0.25, 0.3) is 5.91 Å². The van der Waals surface area contributed by atoms with Gasteiger partial charge in [-0.05, 0) is 49.2 Å². The van der Waals surface area contributed by atoms with Crippen molar-refractivity contribution in [2.24, 2.45) is 0 Å². The van der Waals surface area contributed by atoms with Gasteiger partial charge in [-0.2, -0.15) is 0 Å². The minimum Gasteiger partial charge on any atom is -0.491 e. The summed E-state index contributed by atoms with van der Waals surface area (Å²) in [6.45, 7) is 4.31. The Labute approximate surface area is 170 Å². The molecule has 1 amide bonds. The molecule has 0 bridgehead atoms. The van der Waals surface area contributed by atoms with Crippen LogP contribution in [0.15, 0.2) is 48.5 Å². The Morgan fingerprint density at radius 2 is 1.82 bits per heavy atom. The fourth-order valence-electron chi connectivity index (χ4n) is 3.70. The number of hydrogen-bond donors (Lipinski definition) is 0. The van der Waals surface area contributed by atoms with Crippen LogP contribution in [-0.4, -0.2) is 56.3 Å². The molecule has 6 heteroatoms. The van der Waals surface area contributed by atoms with Gasteiger partial charge in [0.05, 0.1) is 16.8 Å². The number of rotatable bonds is 5. The van der Waals surface area contributed by atoms with Gasteiger partial charge in [-0.1, -0.05) is 23.7 Å². The van der Waals surface area contributed by atoms with E-state index in [0.717, 1.165) is 49.0 Å². The van der Waals surface area contributed by atoms with Crippen molar-refractivity contribution in [2.75, 3.05) is 44.3 Å². The lowest BCUT2D eigenvalue weighted by molar-refractivity contribution is 0.0678. The zero-order chi connectivity index (χ0) is 19.3. The van der Waals surface area contributed by atoms with Crippen molar-refractivity contribution in [3.63, 3.8) is 0 Å². The number of para-hydroxylation sites is 1. The van der Waals surface area contributed by atoms with Crippen LogP contribution >= 0.6 is 11.6 Å². The average Bonchev–Trinajstić information content (AvgIpc) is 3.26. The lowest BCUT2D eigenvalue weighted by Crippen LogP contribution is -2.48. The van der Waals surface area contributed by atoms with Gasteiger partial charge in [-0.15, -0.1) is 0 Å². The predicted octanol–water partition coefficient (Wildman–Crippen LogP) is 3.86. The summed E-state index contributed by atoms with van der Waals surface area (Å²) >= 11 is 6.29. The summed E-state index contributed by atoms with van der Waals surface area (Å²) in [7, 11) is 0. The molecule has 0 unspecified atom stereocenters. The Balaban J connectivity index is 1.30. The highest BCUT2D eigenvalue weighted by Gasteiger charge is 2.23. The molecule has 2 heterocycles. The topological polar surface area (TPSA) is 42.0 Å². The maximum Gasteiger partial charge on any atom is 0.253 e. The van der Waals surface area contributed by atoms with Crippen molar-refractivity contribution in [3.8, 4) is 5.75 Å². The second kappa shape index (κ2) is 8.84. The lowest BCUT2D eigenvalue weighted by Gasteiger charge is -2.36. The Morgan fingerprint density at radius 1 is 1.07 bits per heavy atom. The third-order valence-electron chi connectivity index (χ3n) is 5.32. The van der Waals surface area contributed by atoms with Crippen LogP contribution in [0.2, 0.25) is 5.02 Å². The third-order valence-corrected chi connectivity index (χ3v) is 5.64. The molecule has 2 fully saturated rings. The molecule has 0 radical (unpaired) electrons. The van der Waals surface area contributed by atoms with Gasteiger partial charge in [0.2, 0.25) is 0 Å². The zero-order valence-corrected chi connectivity index (χ0v) is 16.6. The van der Waals surface area contributed by atoms with Crippen molar-refractivity contribution in [1.82, 2.24) is 4.90 Å². The summed E-state index contributed by atoms with van der Waals surface area (Å²) in [6.07, 6.45) is 2.35. The van der Waals surface area contributed by atoms with Gasteiger partial charge in [0.1, 0.15) is 12.4 Å². The molecule has 0 saturated carbocycles. The van der Waals surface area contributed by atoms with Gasteiger partial charge in [-0.3, -0.25) is 4.79 Å². The summed E-state index contributed by atoms with van der Waals surface area (Å²) in [6, 6.07) is 15.2. The Hall–Kier alpha value is -2.24. The summed E-state index contributed by atoms with van der Waals surface area (Å²) < 4.78 is 11.3. The minimum absolute atomic E-state index is 0.0597. The number of carbonyl (C=O) groups excluding carboxylic acids is 1. The van der Waals surface area contributed by atoms with Crippen LogP contribution in [0.1, 0.15) is 23.2 Å². The van der Waals surface area contributed by atoms with Crippen LogP contribution in [-0.2, 0) is 4.74 Å². The molecule has 0 aromatic heterocycles. The number of ether oxygens (including phenoxy) is 2. The first kappa shape index (κ1) is 19.1. The first-order chi connectivity index (χ1) is 13.7. The highest BCUT2D eigenvalue weighted by atomic mass is 35.5. The van der Waals surface area contributed by atoms with E-state index in [1.165, 1.54) is 0 Å². The van der Waals surface area contributed by atoms with Crippen LogP contribution in [0.4, 0.5) is 5.69 Å². The smallest absolute Gasteiger partial charge is 0.253 e. The summed E-state index contributed by atoms with van der Waals surface area (Å²) in [4.78, 5) is 16.9. The first-order valence-electron chi connectivity index (χ1n) is 9.84. The van der Waals surface area contributed by atoms with Gasteiger partial charge in [0, 0.05) is 38.3 Å². The monoisotopic (exact) mass is 400 g/mol. The number of halogens is 1. The van der Waals surface area contributed by atoms with E-state index in [1.54, 1.807) is 0 Å². The van der Waals surface area contributed by atoms with Crippen LogP contribution in [0.5, 0.6) is 5.75 Å². The molecule has 28 heavy (non-hydrogen) atoms. The Kier molecular flexibility index (Phi) is 6.03. The highest BCUT2D eigenvalue weighted by molar-refractivity contribution is 6.33. The molecule has 148 valence electrons. The largest absolute Gasteiger partial charge is 0.491 e. The van der Waals surface area contributed by atoms with E-state index >= 15 is 0 Å². The van der Waals surface area contributed by atoms with E-state index in [1.807, 2.05) is 53.4 Å². The van der Waals surface area contributed by atoms with Gasteiger partial charge < -0.3 is 19.3 Å². The highest BCUT2D eigenvalue weighted by Crippen LogP contribution is 2.26. The maximum atomic E-state index is 12.8. The van der Waals surface area contributed by atoms with Gasteiger partial charge in [-0.25, -0.2) is 0 Å². The van der Waals surface area contributed by atoms with Crippen molar-refractivity contribution in [1.29, 1.82) is 0 Å². The van der Waals surface area contributed by atoms with Crippen LogP contribution in [0.25, 0.3) is 0 Å². The number of benzene rings is 2. The number of hydrogen-bond acceptors (Lipinski definition) is 4. The Bertz CT molecular complexity index is 798. The molecule has 0 aliphatic carbocycles. The molecule has 4 rings (SSSR count). The molecule has 2 aromatic rings. The van der Waals surface area contributed by atoms with Crippen molar-refractivity contribution < 1.29 is 14.3 Å². The van der Waals surface area contributed by atoms with Gasteiger partial charge in [0.15, 0.2) is 0 Å². The number of amides is 1. The van der Waals surface area contributed by atoms with E-state index in [2.05, 4.69) is 4.90 Å². The molecule has 2 aromatic carbocycles. The van der Waals surface area contributed by atoms with E-state index < -0.39 is 0 Å².